The molecule has 3 aromatic rings. The lowest BCUT2D eigenvalue weighted by Crippen LogP contribution is -2.20. The van der Waals surface area contributed by atoms with Crippen LogP contribution in [0.3, 0.4) is 0 Å². The smallest absolute Gasteiger partial charge is 0.262 e. The van der Waals surface area contributed by atoms with Gasteiger partial charge in [-0.1, -0.05) is 17.7 Å². The van der Waals surface area contributed by atoms with Gasteiger partial charge in [0.2, 0.25) is 0 Å². The first kappa shape index (κ1) is 13.0. The Balaban J connectivity index is 2.14. The summed E-state index contributed by atoms with van der Waals surface area (Å²) in [7, 11) is 0. The van der Waals surface area contributed by atoms with E-state index in [4.69, 9.17) is 16.6 Å². The molecule has 21 heavy (non-hydrogen) atoms. The van der Waals surface area contributed by atoms with Gasteiger partial charge in [0, 0.05) is 15.1 Å². The second-order valence-electron chi connectivity index (χ2n) is 5.27. The Bertz CT molecular complexity index is 978. The van der Waals surface area contributed by atoms with Crippen molar-refractivity contribution in [3.05, 3.63) is 61.3 Å². The van der Waals surface area contributed by atoms with Gasteiger partial charge in [-0.25, -0.2) is 4.98 Å². The van der Waals surface area contributed by atoms with Gasteiger partial charge in [0.1, 0.15) is 5.82 Å². The molecule has 1 aliphatic heterocycles. The third-order valence-electron chi connectivity index (χ3n) is 3.80. The molecular weight excluding hydrogens is 352 g/mol. The molecule has 0 aliphatic carbocycles. The van der Waals surface area contributed by atoms with E-state index in [0.29, 0.717) is 28.3 Å². The van der Waals surface area contributed by atoms with E-state index in [2.05, 4.69) is 15.9 Å². The Morgan fingerprint density at radius 1 is 1.29 bits per heavy atom. The minimum atomic E-state index is -0.00766. The molecule has 0 atom stereocenters. The van der Waals surface area contributed by atoms with Gasteiger partial charge in [0.25, 0.3) is 5.56 Å². The topological polar surface area (TPSA) is 34.9 Å². The third kappa shape index (κ3) is 1.86. The number of nitrogens with zero attached hydrogens (tertiary/aromatic N) is 2. The Kier molecular flexibility index (Phi) is 2.75. The van der Waals surface area contributed by atoms with Gasteiger partial charge in [0.15, 0.2) is 0 Å². The average molecular weight is 362 g/mol. The summed E-state index contributed by atoms with van der Waals surface area (Å²) in [5.41, 5.74) is 3.74. The molecule has 0 bridgehead atoms. The number of rotatable bonds is 0. The molecule has 0 fully saturated rings. The fourth-order valence-corrected chi connectivity index (χ4v) is 3.67. The standard InChI is InChI=1S/C16H10BrClN2O/c1-8-4-12-14(13(17)5-8)19-15-11-6-10(18)3-2-9(11)7-20(15)16(12)21/h2-6H,7H2,1H3. The number of hydrogen-bond acceptors (Lipinski definition) is 2. The molecule has 5 heteroatoms. The highest BCUT2D eigenvalue weighted by Crippen LogP contribution is 2.33. The van der Waals surface area contributed by atoms with Crippen molar-refractivity contribution in [2.75, 3.05) is 0 Å². The Morgan fingerprint density at radius 2 is 2.10 bits per heavy atom. The van der Waals surface area contributed by atoms with Gasteiger partial charge >= 0.3 is 0 Å². The molecule has 2 heterocycles. The number of aryl methyl sites for hydroxylation is 1. The summed E-state index contributed by atoms with van der Waals surface area (Å²) in [6.45, 7) is 2.52. The highest BCUT2D eigenvalue weighted by Gasteiger charge is 2.23. The zero-order valence-corrected chi connectivity index (χ0v) is 13.5. The predicted octanol–water partition coefficient (Wildman–Crippen LogP) is 4.15. The van der Waals surface area contributed by atoms with Gasteiger partial charge in [-0.2, -0.15) is 0 Å². The van der Waals surface area contributed by atoms with Crippen molar-refractivity contribution in [2.45, 2.75) is 13.5 Å². The molecule has 0 N–H and O–H groups in total. The molecule has 4 rings (SSSR count). The molecule has 1 aliphatic rings. The minimum absolute atomic E-state index is 0.00766. The van der Waals surface area contributed by atoms with E-state index in [1.165, 1.54) is 0 Å². The van der Waals surface area contributed by atoms with E-state index in [9.17, 15) is 4.79 Å². The fourth-order valence-electron chi connectivity index (χ4n) is 2.84. The summed E-state index contributed by atoms with van der Waals surface area (Å²) in [6.07, 6.45) is 0. The molecule has 2 aromatic carbocycles. The third-order valence-corrected chi connectivity index (χ3v) is 4.64. The van der Waals surface area contributed by atoms with E-state index in [0.717, 1.165) is 21.2 Å². The van der Waals surface area contributed by atoms with Gasteiger partial charge in [-0.3, -0.25) is 9.36 Å². The van der Waals surface area contributed by atoms with E-state index < -0.39 is 0 Å². The summed E-state index contributed by atoms with van der Waals surface area (Å²) in [4.78, 5) is 17.4. The number of benzene rings is 2. The fraction of sp³-hybridized carbons (Fsp3) is 0.125. The Labute approximate surface area is 134 Å². The first-order chi connectivity index (χ1) is 10.0. The molecule has 3 nitrogen and oxygen atoms in total. The molecule has 104 valence electrons. The predicted molar refractivity (Wildman–Crippen MR) is 88.0 cm³/mol. The maximum absolute atomic E-state index is 12.7. The highest BCUT2D eigenvalue weighted by molar-refractivity contribution is 9.10. The maximum Gasteiger partial charge on any atom is 0.262 e. The number of aromatic nitrogens is 2. The van der Waals surface area contributed by atoms with Crippen LogP contribution in [0.2, 0.25) is 5.02 Å². The van der Waals surface area contributed by atoms with Crippen molar-refractivity contribution in [1.29, 1.82) is 0 Å². The van der Waals surface area contributed by atoms with Gasteiger partial charge in [-0.05, 0) is 58.2 Å². The van der Waals surface area contributed by atoms with Crippen LogP contribution in [0.25, 0.3) is 22.3 Å². The normalized spacial score (nSPS) is 12.5. The first-order valence-electron chi connectivity index (χ1n) is 6.54. The van der Waals surface area contributed by atoms with Gasteiger partial charge < -0.3 is 0 Å². The summed E-state index contributed by atoms with van der Waals surface area (Å²) >= 11 is 9.58. The monoisotopic (exact) mass is 360 g/mol. The van der Waals surface area contributed by atoms with Crippen molar-refractivity contribution in [2.24, 2.45) is 0 Å². The largest absolute Gasteiger partial charge is 0.288 e. The SMILES string of the molecule is Cc1cc(Br)c2nc3n(c(=O)c2c1)Cc1ccc(Cl)cc1-3. The van der Waals surface area contributed by atoms with Crippen molar-refractivity contribution in [3.8, 4) is 11.4 Å². The summed E-state index contributed by atoms with van der Waals surface area (Å²) in [5.74, 6) is 0.689. The van der Waals surface area contributed by atoms with Crippen LogP contribution in [0.4, 0.5) is 0 Å². The molecule has 1 aromatic heterocycles. The molecule has 0 saturated carbocycles. The molecule has 0 amide bonds. The van der Waals surface area contributed by atoms with E-state index >= 15 is 0 Å². The van der Waals surface area contributed by atoms with Crippen molar-refractivity contribution >= 4 is 38.4 Å². The average Bonchev–Trinajstić information content (AvgIpc) is 2.79. The van der Waals surface area contributed by atoms with Crippen LogP contribution in [0.5, 0.6) is 0 Å². The van der Waals surface area contributed by atoms with Crippen molar-refractivity contribution < 1.29 is 0 Å². The van der Waals surface area contributed by atoms with Gasteiger partial charge in [0.05, 0.1) is 17.4 Å². The van der Waals surface area contributed by atoms with Crippen LogP contribution in [0.15, 0.2) is 39.6 Å². The summed E-state index contributed by atoms with van der Waals surface area (Å²) in [6, 6.07) is 9.53. The number of hydrogen-bond donors (Lipinski definition) is 0. The van der Waals surface area contributed by atoms with Crippen molar-refractivity contribution in [1.82, 2.24) is 9.55 Å². The Hall–Kier alpha value is -1.65. The van der Waals surface area contributed by atoms with E-state index in [1.807, 2.05) is 37.3 Å². The summed E-state index contributed by atoms with van der Waals surface area (Å²) < 4.78 is 2.56. The highest BCUT2D eigenvalue weighted by atomic mass is 79.9. The zero-order valence-electron chi connectivity index (χ0n) is 11.2. The van der Waals surface area contributed by atoms with Crippen LogP contribution in [0, 0.1) is 6.92 Å². The lowest BCUT2D eigenvalue weighted by molar-refractivity contribution is 0.796. The summed E-state index contributed by atoms with van der Waals surface area (Å²) in [5, 5.41) is 1.30. The van der Waals surface area contributed by atoms with Crippen LogP contribution < -0.4 is 5.56 Å². The Morgan fingerprint density at radius 3 is 2.90 bits per heavy atom. The number of fused-ring (bicyclic) bond motifs is 4. The first-order valence-corrected chi connectivity index (χ1v) is 7.71. The zero-order chi connectivity index (χ0) is 14.7. The molecule has 0 spiro atoms. The van der Waals surface area contributed by atoms with Crippen LogP contribution in [0.1, 0.15) is 11.1 Å². The van der Waals surface area contributed by atoms with Crippen molar-refractivity contribution in [3.63, 3.8) is 0 Å². The van der Waals surface area contributed by atoms with Gasteiger partial charge in [-0.15, -0.1) is 0 Å². The lowest BCUT2D eigenvalue weighted by Gasteiger charge is -2.07. The quantitative estimate of drug-likeness (QED) is 0.471. The van der Waals surface area contributed by atoms with Crippen LogP contribution >= 0.6 is 27.5 Å². The maximum atomic E-state index is 12.7. The van der Waals surface area contributed by atoms with Crippen LogP contribution in [-0.2, 0) is 6.54 Å². The molecule has 0 radical (unpaired) electrons. The minimum Gasteiger partial charge on any atom is -0.288 e. The van der Waals surface area contributed by atoms with E-state index in [1.54, 1.807) is 4.57 Å². The van der Waals surface area contributed by atoms with Crippen LogP contribution in [-0.4, -0.2) is 9.55 Å². The van der Waals surface area contributed by atoms with E-state index in [-0.39, 0.29) is 5.56 Å². The number of halogens is 2. The second-order valence-corrected chi connectivity index (χ2v) is 6.56. The molecule has 0 unspecified atom stereocenters. The second kappa shape index (κ2) is 4.42. The lowest BCUT2D eigenvalue weighted by atomic mass is 10.1. The molecule has 0 saturated heterocycles. The molecular formula is C16H10BrClN2O.